The number of ether oxygens (including phenoxy) is 1. The quantitative estimate of drug-likeness (QED) is 0.486. The van der Waals surface area contributed by atoms with Crippen molar-refractivity contribution in [1.29, 1.82) is 0 Å². The smallest absolute Gasteiger partial charge is 0.123 e. The molecule has 4 rings (SSSR count). The summed E-state index contributed by atoms with van der Waals surface area (Å²) >= 11 is 1.59. The molecular weight excluding hydrogens is 419 g/mol. The van der Waals surface area contributed by atoms with Gasteiger partial charge in [0.15, 0.2) is 0 Å². The number of halogens is 1. The van der Waals surface area contributed by atoms with Crippen molar-refractivity contribution in [2.45, 2.75) is 43.9 Å². The van der Waals surface area contributed by atoms with Crippen molar-refractivity contribution in [3.8, 4) is 10.4 Å². The summed E-state index contributed by atoms with van der Waals surface area (Å²) in [4.78, 5) is 2.09. The summed E-state index contributed by atoms with van der Waals surface area (Å²) in [6.45, 7) is 1.53. The summed E-state index contributed by atoms with van der Waals surface area (Å²) < 4.78 is 19.2. The average molecular weight is 445 g/mol. The topological polar surface area (TPSA) is 90.2 Å². The lowest BCUT2D eigenvalue weighted by molar-refractivity contribution is -0.231. The molecule has 7 heteroatoms. The van der Waals surface area contributed by atoms with Crippen molar-refractivity contribution < 1.29 is 29.6 Å². The Balaban J connectivity index is 1.58. The molecule has 2 heterocycles. The van der Waals surface area contributed by atoms with Gasteiger partial charge in [-0.3, -0.25) is 0 Å². The van der Waals surface area contributed by atoms with E-state index in [1.807, 2.05) is 43.3 Å². The van der Waals surface area contributed by atoms with Crippen molar-refractivity contribution in [2.75, 3.05) is 6.61 Å². The first-order valence-corrected chi connectivity index (χ1v) is 10.9. The number of benzene rings is 2. The second-order valence-corrected chi connectivity index (χ2v) is 9.06. The van der Waals surface area contributed by atoms with Gasteiger partial charge in [-0.1, -0.05) is 30.3 Å². The highest BCUT2D eigenvalue weighted by molar-refractivity contribution is 7.15. The van der Waals surface area contributed by atoms with Crippen LogP contribution in [0.5, 0.6) is 0 Å². The Bertz CT molecular complexity index is 1050. The van der Waals surface area contributed by atoms with E-state index in [2.05, 4.69) is 0 Å². The average Bonchev–Trinajstić information content (AvgIpc) is 3.23. The molecular formula is C24H25FO5S. The molecule has 1 saturated heterocycles. The maximum atomic E-state index is 13.5. The molecule has 2 aromatic carbocycles. The SMILES string of the molecule is Cc1ccc([C@@H]2O[C@H](CO)[C@@H](O)[C@H](O)[C@H]2O)cc1Cc1ccc(-c2cccc(F)c2)s1. The third-order valence-electron chi connectivity index (χ3n) is 5.73. The summed E-state index contributed by atoms with van der Waals surface area (Å²) in [5, 5.41) is 40.0. The largest absolute Gasteiger partial charge is 0.394 e. The van der Waals surface area contributed by atoms with E-state index >= 15 is 0 Å². The Morgan fingerprint density at radius 3 is 2.52 bits per heavy atom. The molecule has 5 atom stereocenters. The highest BCUT2D eigenvalue weighted by atomic mass is 32.1. The first-order chi connectivity index (χ1) is 14.9. The van der Waals surface area contributed by atoms with Gasteiger partial charge in [-0.05, 0) is 53.4 Å². The van der Waals surface area contributed by atoms with Crippen LogP contribution in [0, 0.1) is 12.7 Å². The van der Waals surface area contributed by atoms with E-state index in [-0.39, 0.29) is 5.82 Å². The first kappa shape index (κ1) is 22.1. The van der Waals surface area contributed by atoms with Crippen molar-refractivity contribution in [1.82, 2.24) is 0 Å². The standard InChI is InChI=1S/C24H25FO5S/c1-13-5-6-15(24-23(29)22(28)21(27)19(12-26)30-24)9-16(13)11-18-7-8-20(31-18)14-3-2-4-17(25)10-14/h2-10,19,21-24,26-29H,11-12H2,1H3/t19-,21-,22+,23-,24+/m1/s1. The van der Waals surface area contributed by atoms with Crippen LogP contribution in [0.15, 0.2) is 54.6 Å². The summed E-state index contributed by atoms with van der Waals surface area (Å²) in [5.41, 5.74) is 3.60. The first-order valence-electron chi connectivity index (χ1n) is 10.1. The summed E-state index contributed by atoms with van der Waals surface area (Å²) in [7, 11) is 0. The Morgan fingerprint density at radius 2 is 1.77 bits per heavy atom. The van der Waals surface area contributed by atoms with E-state index in [1.54, 1.807) is 17.4 Å². The summed E-state index contributed by atoms with van der Waals surface area (Å²) in [6.07, 6.45) is -5.26. The molecule has 0 radical (unpaired) electrons. The van der Waals surface area contributed by atoms with Crippen LogP contribution in [0.2, 0.25) is 0 Å². The van der Waals surface area contributed by atoms with Crippen LogP contribution in [0.1, 0.15) is 27.7 Å². The number of aryl methyl sites for hydroxylation is 1. The minimum atomic E-state index is -1.41. The van der Waals surface area contributed by atoms with Gasteiger partial charge in [-0.2, -0.15) is 0 Å². The predicted molar refractivity (Wildman–Crippen MR) is 116 cm³/mol. The third kappa shape index (κ3) is 4.57. The van der Waals surface area contributed by atoms with E-state index in [1.165, 1.54) is 12.1 Å². The van der Waals surface area contributed by atoms with Gasteiger partial charge in [0, 0.05) is 16.2 Å². The number of aliphatic hydroxyl groups excluding tert-OH is 4. The molecule has 3 aromatic rings. The Morgan fingerprint density at radius 1 is 0.968 bits per heavy atom. The van der Waals surface area contributed by atoms with Crippen LogP contribution in [-0.2, 0) is 11.2 Å². The second kappa shape index (κ2) is 9.16. The van der Waals surface area contributed by atoms with Gasteiger partial charge in [0.25, 0.3) is 0 Å². The Hall–Kier alpha value is -2.13. The van der Waals surface area contributed by atoms with Gasteiger partial charge in [-0.25, -0.2) is 4.39 Å². The molecule has 0 aliphatic carbocycles. The number of hydrogen-bond acceptors (Lipinski definition) is 6. The lowest BCUT2D eigenvalue weighted by atomic mass is 9.89. The van der Waals surface area contributed by atoms with Gasteiger partial charge in [0.2, 0.25) is 0 Å². The lowest BCUT2D eigenvalue weighted by Crippen LogP contribution is -2.55. The maximum Gasteiger partial charge on any atom is 0.123 e. The second-order valence-electron chi connectivity index (χ2n) is 7.89. The molecule has 0 saturated carbocycles. The highest BCUT2D eigenvalue weighted by Crippen LogP contribution is 2.35. The number of hydrogen-bond donors (Lipinski definition) is 4. The van der Waals surface area contributed by atoms with Crippen molar-refractivity contribution in [3.05, 3.63) is 82.0 Å². The van der Waals surface area contributed by atoms with Gasteiger partial charge in [0.1, 0.15) is 36.3 Å². The zero-order valence-electron chi connectivity index (χ0n) is 17.0. The zero-order chi connectivity index (χ0) is 22.1. The fourth-order valence-electron chi connectivity index (χ4n) is 3.89. The summed E-state index contributed by atoms with van der Waals surface area (Å²) in [5.74, 6) is -0.268. The van der Waals surface area contributed by atoms with Gasteiger partial charge in [0.05, 0.1) is 6.61 Å². The molecule has 1 aromatic heterocycles. The van der Waals surface area contributed by atoms with Crippen LogP contribution in [0.25, 0.3) is 10.4 Å². The van der Waals surface area contributed by atoms with Crippen molar-refractivity contribution in [3.63, 3.8) is 0 Å². The van der Waals surface area contributed by atoms with E-state index in [9.17, 15) is 24.8 Å². The number of aliphatic hydroxyl groups is 4. The monoisotopic (exact) mass is 444 g/mol. The molecule has 0 unspecified atom stereocenters. The van der Waals surface area contributed by atoms with Gasteiger partial charge < -0.3 is 25.2 Å². The zero-order valence-corrected chi connectivity index (χ0v) is 17.8. The van der Waals surface area contributed by atoms with E-state index < -0.39 is 37.1 Å². The highest BCUT2D eigenvalue weighted by Gasteiger charge is 2.43. The number of thiophene rings is 1. The fourth-order valence-corrected chi connectivity index (χ4v) is 4.92. The van der Waals surface area contributed by atoms with Crippen molar-refractivity contribution in [2.24, 2.45) is 0 Å². The van der Waals surface area contributed by atoms with Crippen LogP contribution < -0.4 is 0 Å². The molecule has 0 spiro atoms. The molecule has 164 valence electrons. The molecule has 1 aliphatic heterocycles. The Labute approximate surface area is 184 Å². The number of rotatable bonds is 5. The molecule has 4 N–H and O–H groups in total. The van der Waals surface area contributed by atoms with Crippen LogP contribution in [0.3, 0.4) is 0 Å². The van der Waals surface area contributed by atoms with E-state index in [4.69, 9.17) is 4.74 Å². The minimum Gasteiger partial charge on any atom is -0.394 e. The fraction of sp³-hybridized carbons (Fsp3) is 0.333. The molecule has 1 fully saturated rings. The Kier molecular flexibility index (Phi) is 6.52. The van der Waals surface area contributed by atoms with E-state index in [0.29, 0.717) is 12.0 Å². The van der Waals surface area contributed by atoms with Crippen LogP contribution >= 0.6 is 11.3 Å². The normalized spacial score (nSPS) is 26.2. The lowest BCUT2D eigenvalue weighted by Gasteiger charge is -2.40. The van der Waals surface area contributed by atoms with Gasteiger partial charge >= 0.3 is 0 Å². The van der Waals surface area contributed by atoms with Crippen LogP contribution in [-0.4, -0.2) is 51.4 Å². The molecule has 5 nitrogen and oxygen atoms in total. The molecule has 0 bridgehead atoms. The molecule has 31 heavy (non-hydrogen) atoms. The summed E-state index contributed by atoms with van der Waals surface area (Å²) in [6, 6.07) is 16.2. The maximum absolute atomic E-state index is 13.5. The third-order valence-corrected chi connectivity index (χ3v) is 6.86. The van der Waals surface area contributed by atoms with E-state index in [0.717, 1.165) is 26.4 Å². The van der Waals surface area contributed by atoms with Crippen molar-refractivity contribution >= 4 is 11.3 Å². The van der Waals surface area contributed by atoms with Crippen LogP contribution in [0.4, 0.5) is 4.39 Å². The van der Waals surface area contributed by atoms with Gasteiger partial charge in [-0.15, -0.1) is 11.3 Å². The predicted octanol–water partition coefficient (Wildman–Crippen LogP) is 2.97. The molecule has 1 aliphatic rings. The molecule has 0 amide bonds. The minimum absolute atomic E-state index is 0.268.